The van der Waals surface area contributed by atoms with Crippen LogP contribution in [0.15, 0.2) is 43.3 Å². The summed E-state index contributed by atoms with van der Waals surface area (Å²) in [4.78, 5) is 31.5. The highest BCUT2D eigenvalue weighted by Crippen LogP contribution is 2.28. The van der Waals surface area contributed by atoms with Crippen molar-refractivity contribution in [2.24, 2.45) is 4.99 Å². The third-order valence-corrected chi connectivity index (χ3v) is 5.86. The molecule has 0 spiro atoms. The molecule has 2 N–H and O–H groups in total. The lowest BCUT2D eigenvalue weighted by Crippen LogP contribution is -2.32. The van der Waals surface area contributed by atoms with Crippen LogP contribution in [0.2, 0.25) is 0 Å². The Balaban J connectivity index is 2.21. The smallest absolute Gasteiger partial charge is 0.335 e. The maximum absolute atomic E-state index is 12.5. The van der Waals surface area contributed by atoms with E-state index in [2.05, 4.69) is 25.9 Å². The number of aliphatic imine (C=N–C) groups is 1. The van der Waals surface area contributed by atoms with Crippen LogP contribution in [0.5, 0.6) is 5.88 Å². The lowest BCUT2D eigenvalue weighted by Gasteiger charge is -2.15. The van der Waals surface area contributed by atoms with E-state index in [1.54, 1.807) is 0 Å². The Morgan fingerprint density at radius 3 is 2.28 bits per heavy atom. The van der Waals surface area contributed by atoms with Gasteiger partial charge >= 0.3 is 5.69 Å². The zero-order valence-corrected chi connectivity index (χ0v) is 18.5. The molecule has 7 heteroatoms. The Bertz CT molecular complexity index is 1250. The molecule has 0 amide bonds. The van der Waals surface area contributed by atoms with Crippen LogP contribution in [-0.2, 0) is 0 Å². The minimum atomic E-state index is -0.699. The standard InChI is InChI=1S/C22H22BrN3O3/c1-11-8-12(2)19(13(3)9-11)26-21(28)16(20(27)25-22(26)29)10-24-18-7-6-17(23)14(4)15(18)5/h6-10,28H,1-5H3,(H,25,27,29). The van der Waals surface area contributed by atoms with E-state index < -0.39 is 17.1 Å². The quantitative estimate of drug-likeness (QED) is 0.577. The molecule has 3 aromatic rings. The van der Waals surface area contributed by atoms with E-state index in [0.29, 0.717) is 11.4 Å². The Hall–Kier alpha value is -2.93. The van der Waals surface area contributed by atoms with E-state index in [-0.39, 0.29) is 5.56 Å². The highest BCUT2D eigenvalue weighted by molar-refractivity contribution is 9.10. The van der Waals surface area contributed by atoms with Gasteiger partial charge in [0.25, 0.3) is 5.56 Å². The number of hydrogen-bond acceptors (Lipinski definition) is 4. The number of halogens is 1. The second-order valence-corrected chi connectivity index (χ2v) is 8.01. The van der Waals surface area contributed by atoms with E-state index >= 15 is 0 Å². The Morgan fingerprint density at radius 2 is 1.66 bits per heavy atom. The summed E-state index contributed by atoms with van der Waals surface area (Å²) in [6.45, 7) is 9.56. The third-order valence-electron chi connectivity index (χ3n) is 5.01. The van der Waals surface area contributed by atoms with Gasteiger partial charge in [-0.2, -0.15) is 0 Å². The van der Waals surface area contributed by atoms with Gasteiger partial charge in [0.1, 0.15) is 5.56 Å². The number of rotatable bonds is 3. The van der Waals surface area contributed by atoms with Crippen molar-refractivity contribution < 1.29 is 5.11 Å². The molecule has 0 atom stereocenters. The summed E-state index contributed by atoms with van der Waals surface area (Å²) >= 11 is 3.48. The van der Waals surface area contributed by atoms with E-state index in [9.17, 15) is 14.7 Å². The predicted molar refractivity (Wildman–Crippen MR) is 119 cm³/mol. The van der Waals surface area contributed by atoms with Gasteiger partial charge in [0.2, 0.25) is 5.88 Å². The van der Waals surface area contributed by atoms with E-state index in [1.807, 2.05) is 58.9 Å². The molecule has 3 rings (SSSR count). The van der Waals surface area contributed by atoms with Gasteiger partial charge in [-0.05, 0) is 69.0 Å². The van der Waals surface area contributed by atoms with Crippen molar-refractivity contribution in [1.29, 1.82) is 0 Å². The maximum Gasteiger partial charge on any atom is 0.335 e. The number of nitrogens with zero attached hydrogens (tertiary/aromatic N) is 2. The summed E-state index contributed by atoms with van der Waals surface area (Å²) in [6.07, 6.45) is 1.29. The van der Waals surface area contributed by atoms with E-state index in [0.717, 1.165) is 36.9 Å². The van der Waals surface area contributed by atoms with Crippen LogP contribution >= 0.6 is 15.9 Å². The molecule has 0 saturated carbocycles. The van der Waals surface area contributed by atoms with Crippen LogP contribution in [0.1, 0.15) is 33.4 Å². The topological polar surface area (TPSA) is 87.4 Å². The van der Waals surface area contributed by atoms with Crippen molar-refractivity contribution in [3.05, 3.63) is 83.0 Å². The molecule has 0 unspecified atom stereocenters. The number of aryl methyl sites for hydroxylation is 3. The summed E-state index contributed by atoms with van der Waals surface area (Å²) in [6, 6.07) is 7.53. The molecule has 29 heavy (non-hydrogen) atoms. The average Bonchev–Trinajstić information content (AvgIpc) is 2.63. The number of H-pyrrole nitrogens is 1. The molecular weight excluding hydrogens is 434 g/mol. The summed E-state index contributed by atoms with van der Waals surface area (Å²) in [5, 5.41) is 10.8. The molecule has 0 aliphatic rings. The van der Waals surface area contributed by atoms with Crippen LogP contribution in [0.4, 0.5) is 5.69 Å². The predicted octanol–water partition coefficient (Wildman–Crippen LogP) is 4.29. The first-order chi connectivity index (χ1) is 13.6. The molecule has 0 bridgehead atoms. The molecule has 6 nitrogen and oxygen atoms in total. The molecule has 0 fully saturated rings. The Morgan fingerprint density at radius 1 is 1.03 bits per heavy atom. The highest BCUT2D eigenvalue weighted by Gasteiger charge is 2.17. The first-order valence-electron chi connectivity index (χ1n) is 9.08. The lowest BCUT2D eigenvalue weighted by molar-refractivity contribution is 0.429. The van der Waals surface area contributed by atoms with Crippen molar-refractivity contribution in [1.82, 2.24) is 9.55 Å². The van der Waals surface area contributed by atoms with Crippen LogP contribution in [0.25, 0.3) is 5.69 Å². The number of aromatic nitrogens is 2. The summed E-state index contributed by atoms with van der Waals surface area (Å²) < 4.78 is 2.08. The molecular formula is C22H22BrN3O3. The fraction of sp³-hybridized carbons (Fsp3) is 0.227. The van der Waals surface area contributed by atoms with Crippen molar-refractivity contribution in [2.75, 3.05) is 0 Å². The highest BCUT2D eigenvalue weighted by atomic mass is 79.9. The number of aromatic amines is 1. The SMILES string of the molecule is Cc1cc(C)c(-n2c(O)c(C=Nc3ccc(Br)c(C)c3C)c(=O)[nH]c2=O)c(C)c1. The molecule has 150 valence electrons. The first kappa shape index (κ1) is 20.8. The molecule has 0 aliphatic heterocycles. The van der Waals surface area contributed by atoms with Crippen molar-refractivity contribution >= 4 is 27.8 Å². The van der Waals surface area contributed by atoms with Gasteiger partial charge in [0.15, 0.2) is 0 Å². The Kier molecular flexibility index (Phi) is 5.61. The van der Waals surface area contributed by atoms with Crippen molar-refractivity contribution in [3.63, 3.8) is 0 Å². The van der Waals surface area contributed by atoms with Gasteiger partial charge in [-0.25, -0.2) is 9.36 Å². The van der Waals surface area contributed by atoms with Crippen LogP contribution in [-0.4, -0.2) is 20.9 Å². The number of nitrogens with one attached hydrogen (secondary N) is 1. The summed E-state index contributed by atoms with van der Waals surface area (Å²) in [5.41, 5.74) is 4.40. The van der Waals surface area contributed by atoms with Gasteiger partial charge in [0.05, 0.1) is 11.4 Å². The molecule has 0 saturated heterocycles. The molecule has 2 aromatic carbocycles. The average molecular weight is 456 g/mol. The van der Waals surface area contributed by atoms with Gasteiger partial charge in [-0.15, -0.1) is 0 Å². The second-order valence-electron chi connectivity index (χ2n) is 7.15. The molecule has 1 heterocycles. The van der Waals surface area contributed by atoms with Gasteiger partial charge < -0.3 is 5.11 Å². The number of aromatic hydroxyl groups is 1. The number of benzene rings is 2. The largest absolute Gasteiger partial charge is 0.493 e. The monoisotopic (exact) mass is 455 g/mol. The van der Waals surface area contributed by atoms with Crippen molar-refractivity contribution in [3.8, 4) is 11.6 Å². The van der Waals surface area contributed by atoms with Gasteiger partial charge in [-0.1, -0.05) is 33.6 Å². The molecule has 1 aromatic heterocycles. The summed E-state index contributed by atoms with van der Waals surface area (Å²) in [7, 11) is 0. The summed E-state index contributed by atoms with van der Waals surface area (Å²) in [5.74, 6) is -0.441. The molecule has 0 aliphatic carbocycles. The zero-order chi connectivity index (χ0) is 21.5. The lowest BCUT2D eigenvalue weighted by atomic mass is 10.0. The van der Waals surface area contributed by atoms with E-state index in [4.69, 9.17) is 0 Å². The molecule has 0 radical (unpaired) electrons. The van der Waals surface area contributed by atoms with E-state index in [1.165, 1.54) is 6.21 Å². The minimum absolute atomic E-state index is 0.0797. The zero-order valence-electron chi connectivity index (χ0n) is 16.9. The normalized spacial score (nSPS) is 11.4. The van der Waals surface area contributed by atoms with Crippen molar-refractivity contribution in [2.45, 2.75) is 34.6 Å². The fourth-order valence-electron chi connectivity index (χ4n) is 3.43. The Labute approximate surface area is 176 Å². The number of hydrogen-bond donors (Lipinski definition) is 2. The van der Waals surface area contributed by atoms with Gasteiger partial charge in [0, 0.05) is 10.7 Å². The second kappa shape index (κ2) is 7.83. The minimum Gasteiger partial charge on any atom is -0.493 e. The maximum atomic E-state index is 12.5. The third kappa shape index (κ3) is 3.82. The van der Waals surface area contributed by atoms with Crippen LogP contribution in [0.3, 0.4) is 0 Å². The van der Waals surface area contributed by atoms with Crippen LogP contribution in [0, 0.1) is 34.6 Å². The van der Waals surface area contributed by atoms with Crippen LogP contribution < -0.4 is 11.2 Å². The van der Waals surface area contributed by atoms with Gasteiger partial charge in [-0.3, -0.25) is 14.8 Å². The fourth-order valence-corrected chi connectivity index (χ4v) is 3.86. The first-order valence-corrected chi connectivity index (χ1v) is 9.87.